The van der Waals surface area contributed by atoms with Gasteiger partial charge < -0.3 is 20.7 Å². The molecule has 2 aromatic carbocycles. The molecule has 1 fully saturated rings. The first-order chi connectivity index (χ1) is 12.9. The Labute approximate surface area is 161 Å². The minimum Gasteiger partial charge on any atom is -0.506 e. The van der Waals surface area contributed by atoms with Crippen molar-refractivity contribution in [2.75, 3.05) is 31.5 Å². The number of sulfonamides is 1. The summed E-state index contributed by atoms with van der Waals surface area (Å²) in [6.07, 6.45) is 0. The fourth-order valence-electron chi connectivity index (χ4n) is 2.98. The molecule has 1 saturated heterocycles. The number of phenolic OH excluding ortho intramolecular Hbond substituents is 1. The van der Waals surface area contributed by atoms with E-state index in [1.807, 2.05) is 0 Å². The van der Waals surface area contributed by atoms with Crippen molar-refractivity contribution in [2.24, 2.45) is 0 Å². The van der Waals surface area contributed by atoms with Crippen molar-refractivity contribution in [3.8, 4) is 5.75 Å². The number of nitrogens with zero attached hydrogens (tertiary/aromatic N) is 2. The van der Waals surface area contributed by atoms with Crippen molar-refractivity contribution in [3.05, 3.63) is 41.4 Å². The van der Waals surface area contributed by atoms with Crippen molar-refractivity contribution in [1.29, 1.82) is 0 Å². The summed E-state index contributed by atoms with van der Waals surface area (Å²) in [7, 11) is -3.55. The molecule has 1 aliphatic rings. The number of fused-ring (bicyclic) bond motifs is 1. The molecule has 1 aromatic heterocycles. The van der Waals surface area contributed by atoms with E-state index in [0.717, 1.165) is 0 Å². The standard InChI is InChI=1S/C17H18ClN5O3S/c18-11-1-4-16(24)15(9-11)22-17-20-13-3-2-12(10-14(13)21-17)27(25,26)23-7-5-19-6-8-23/h1-4,9-10,19,24H,5-8H2,(H2,20,21,22). The molecule has 2 heterocycles. The number of halogens is 1. The Morgan fingerprint density at radius 2 is 1.93 bits per heavy atom. The number of benzene rings is 2. The number of aromatic nitrogens is 2. The molecule has 142 valence electrons. The normalized spacial score (nSPS) is 15.9. The topological polar surface area (TPSA) is 110 Å². The highest BCUT2D eigenvalue weighted by atomic mass is 35.5. The molecule has 10 heteroatoms. The molecule has 4 N–H and O–H groups in total. The summed E-state index contributed by atoms with van der Waals surface area (Å²) >= 11 is 5.95. The lowest BCUT2D eigenvalue weighted by Crippen LogP contribution is -2.46. The average molecular weight is 408 g/mol. The predicted molar refractivity (Wildman–Crippen MR) is 104 cm³/mol. The Balaban J connectivity index is 1.65. The van der Waals surface area contributed by atoms with Gasteiger partial charge in [-0.15, -0.1) is 0 Å². The third-order valence-corrected chi connectivity index (χ3v) is 6.51. The van der Waals surface area contributed by atoms with Gasteiger partial charge in [0.2, 0.25) is 16.0 Å². The van der Waals surface area contributed by atoms with Gasteiger partial charge >= 0.3 is 0 Å². The number of imidazole rings is 1. The maximum atomic E-state index is 12.8. The van der Waals surface area contributed by atoms with Crippen LogP contribution in [0, 0.1) is 0 Å². The number of H-pyrrole nitrogens is 1. The molecule has 0 aliphatic carbocycles. The van der Waals surface area contributed by atoms with E-state index in [0.29, 0.717) is 53.9 Å². The van der Waals surface area contributed by atoms with E-state index in [1.54, 1.807) is 30.3 Å². The van der Waals surface area contributed by atoms with E-state index >= 15 is 0 Å². The number of hydrogen-bond donors (Lipinski definition) is 4. The van der Waals surface area contributed by atoms with Gasteiger partial charge in [-0.3, -0.25) is 0 Å². The third-order valence-electron chi connectivity index (χ3n) is 4.38. The van der Waals surface area contributed by atoms with Gasteiger partial charge in [0.1, 0.15) is 5.75 Å². The Bertz CT molecular complexity index is 1090. The zero-order valence-corrected chi connectivity index (χ0v) is 15.8. The van der Waals surface area contributed by atoms with Crippen molar-refractivity contribution in [1.82, 2.24) is 19.6 Å². The maximum Gasteiger partial charge on any atom is 0.243 e. The molecular weight excluding hydrogens is 390 g/mol. The monoisotopic (exact) mass is 407 g/mol. The molecular formula is C17H18ClN5O3S. The first-order valence-corrected chi connectivity index (χ1v) is 10.2. The zero-order valence-electron chi connectivity index (χ0n) is 14.2. The number of rotatable bonds is 4. The van der Waals surface area contributed by atoms with Crippen LogP contribution in [0.4, 0.5) is 11.6 Å². The number of aromatic hydroxyl groups is 1. The van der Waals surface area contributed by atoms with Crippen molar-refractivity contribution < 1.29 is 13.5 Å². The molecule has 4 rings (SSSR count). The fourth-order valence-corrected chi connectivity index (χ4v) is 4.62. The maximum absolute atomic E-state index is 12.8. The number of anilines is 2. The molecule has 0 bridgehead atoms. The van der Waals surface area contributed by atoms with Crippen LogP contribution in [0.3, 0.4) is 0 Å². The van der Waals surface area contributed by atoms with Gasteiger partial charge in [-0.2, -0.15) is 4.31 Å². The van der Waals surface area contributed by atoms with Crippen LogP contribution in [-0.4, -0.2) is 54.0 Å². The largest absolute Gasteiger partial charge is 0.506 e. The third kappa shape index (κ3) is 3.59. The molecule has 0 saturated carbocycles. The molecule has 27 heavy (non-hydrogen) atoms. The Hall–Kier alpha value is -2.33. The first kappa shape index (κ1) is 18.1. The molecule has 0 unspecified atom stereocenters. The highest BCUT2D eigenvalue weighted by molar-refractivity contribution is 7.89. The second-order valence-corrected chi connectivity index (χ2v) is 8.58. The van der Waals surface area contributed by atoms with E-state index in [-0.39, 0.29) is 10.6 Å². The molecule has 0 spiro atoms. The Kier molecular flexibility index (Phi) is 4.68. The quantitative estimate of drug-likeness (QED) is 0.494. The van der Waals surface area contributed by atoms with Crippen molar-refractivity contribution in [3.63, 3.8) is 0 Å². The smallest absolute Gasteiger partial charge is 0.243 e. The van der Waals surface area contributed by atoms with Gasteiger partial charge in [0.25, 0.3) is 0 Å². The number of piperazine rings is 1. The molecule has 8 nitrogen and oxygen atoms in total. The Morgan fingerprint density at radius 3 is 2.70 bits per heavy atom. The van der Waals surface area contributed by atoms with Crippen LogP contribution < -0.4 is 10.6 Å². The number of aromatic amines is 1. The van der Waals surface area contributed by atoms with Crippen molar-refractivity contribution >= 4 is 44.3 Å². The number of phenols is 1. The van der Waals surface area contributed by atoms with Gasteiger partial charge in [0.15, 0.2) is 0 Å². The summed E-state index contributed by atoms with van der Waals surface area (Å²) in [4.78, 5) is 7.63. The van der Waals surface area contributed by atoms with Crippen LogP contribution in [0.1, 0.15) is 0 Å². The summed E-state index contributed by atoms with van der Waals surface area (Å²) < 4.78 is 27.1. The lowest BCUT2D eigenvalue weighted by Gasteiger charge is -2.26. The summed E-state index contributed by atoms with van der Waals surface area (Å²) in [5.74, 6) is 0.404. The minimum absolute atomic E-state index is 0.0295. The molecule has 0 amide bonds. The second kappa shape index (κ2) is 7.01. The SMILES string of the molecule is O=S(=O)(c1ccc2nc(Nc3cc(Cl)ccc3O)[nH]c2c1)N1CCNCC1. The lowest BCUT2D eigenvalue weighted by atomic mass is 10.3. The van der Waals surface area contributed by atoms with Crippen molar-refractivity contribution in [2.45, 2.75) is 4.90 Å². The molecule has 3 aromatic rings. The van der Waals surface area contributed by atoms with Gasteiger partial charge in [0.05, 0.1) is 21.6 Å². The highest BCUT2D eigenvalue weighted by Crippen LogP contribution is 2.30. The second-order valence-electron chi connectivity index (χ2n) is 6.20. The summed E-state index contributed by atoms with van der Waals surface area (Å²) in [5.41, 5.74) is 1.59. The van der Waals surface area contributed by atoms with Crippen LogP contribution in [0.15, 0.2) is 41.3 Å². The highest BCUT2D eigenvalue weighted by Gasteiger charge is 2.26. The van der Waals surface area contributed by atoms with Crippen LogP contribution in [0.2, 0.25) is 5.02 Å². The van der Waals surface area contributed by atoms with E-state index in [4.69, 9.17) is 11.6 Å². The number of nitrogens with one attached hydrogen (secondary N) is 3. The van der Waals surface area contributed by atoms with Crippen LogP contribution in [0.5, 0.6) is 5.75 Å². The van der Waals surface area contributed by atoms with Crippen LogP contribution in [0.25, 0.3) is 11.0 Å². The van der Waals surface area contributed by atoms with E-state index < -0.39 is 10.0 Å². The summed E-state index contributed by atoms with van der Waals surface area (Å²) in [6, 6.07) is 9.41. The Morgan fingerprint density at radius 1 is 1.15 bits per heavy atom. The fraction of sp³-hybridized carbons (Fsp3) is 0.235. The van der Waals surface area contributed by atoms with Crippen LogP contribution >= 0.6 is 11.6 Å². The van der Waals surface area contributed by atoms with Gasteiger partial charge in [-0.25, -0.2) is 13.4 Å². The minimum atomic E-state index is -3.55. The van der Waals surface area contributed by atoms with Crippen LogP contribution in [-0.2, 0) is 10.0 Å². The van der Waals surface area contributed by atoms with E-state index in [2.05, 4.69) is 20.6 Å². The first-order valence-electron chi connectivity index (χ1n) is 8.40. The zero-order chi connectivity index (χ0) is 19.0. The predicted octanol–water partition coefficient (Wildman–Crippen LogP) is 2.26. The number of hydrogen-bond acceptors (Lipinski definition) is 6. The molecule has 1 aliphatic heterocycles. The molecule has 0 radical (unpaired) electrons. The average Bonchev–Trinajstić information content (AvgIpc) is 3.07. The lowest BCUT2D eigenvalue weighted by molar-refractivity contribution is 0.360. The van der Waals surface area contributed by atoms with Gasteiger partial charge in [0, 0.05) is 31.2 Å². The van der Waals surface area contributed by atoms with E-state index in [9.17, 15) is 13.5 Å². The summed E-state index contributed by atoms with van der Waals surface area (Å²) in [5, 5.41) is 16.5. The van der Waals surface area contributed by atoms with E-state index in [1.165, 1.54) is 10.4 Å². The van der Waals surface area contributed by atoms with Gasteiger partial charge in [-0.1, -0.05) is 11.6 Å². The van der Waals surface area contributed by atoms with Gasteiger partial charge in [-0.05, 0) is 36.4 Å². The molecule has 0 atom stereocenters. The summed E-state index contributed by atoms with van der Waals surface area (Å²) in [6.45, 7) is 2.18.